The van der Waals surface area contributed by atoms with E-state index in [-0.39, 0.29) is 5.91 Å². The summed E-state index contributed by atoms with van der Waals surface area (Å²) >= 11 is 6.34. The number of aliphatic carboxylic acids is 1. The number of carboxylic acid groups (broad SMARTS) is 1. The number of nitrogens with zero attached hydrogens (tertiary/aromatic N) is 2. The number of aromatic nitrogens is 1. The van der Waals surface area contributed by atoms with Gasteiger partial charge >= 0.3 is 5.97 Å². The Kier molecular flexibility index (Phi) is 4.10. The van der Waals surface area contributed by atoms with Gasteiger partial charge in [0.25, 0.3) is 5.91 Å². The Bertz CT molecular complexity index is 697. The number of hydrogen-bond acceptors (Lipinski definition) is 5. The lowest BCUT2D eigenvalue weighted by Crippen LogP contribution is -2.40. The Morgan fingerprint density at radius 2 is 2.24 bits per heavy atom. The maximum absolute atomic E-state index is 12.4. The summed E-state index contributed by atoms with van der Waals surface area (Å²) in [4.78, 5) is 30.3. The molecule has 0 radical (unpaired) electrons. The molecule has 2 aromatic heterocycles. The summed E-state index contributed by atoms with van der Waals surface area (Å²) in [5.41, 5.74) is 0.327. The van der Waals surface area contributed by atoms with Gasteiger partial charge in [-0.1, -0.05) is 0 Å². The molecule has 3 rings (SSSR count). The second-order valence-electron chi connectivity index (χ2n) is 4.64. The molecule has 1 fully saturated rings. The van der Waals surface area contributed by atoms with Crippen molar-refractivity contribution in [2.75, 3.05) is 6.54 Å². The molecule has 0 saturated carbocycles. The zero-order chi connectivity index (χ0) is 15.0. The third kappa shape index (κ3) is 2.88. The maximum atomic E-state index is 12.4. The molecule has 1 aliphatic heterocycles. The van der Waals surface area contributed by atoms with Crippen LogP contribution in [0.2, 0.25) is 0 Å². The number of halogens is 1. The molecule has 2 aromatic rings. The molecule has 5 nitrogen and oxygen atoms in total. The second kappa shape index (κ2) is 5.86. The van der Waals surface area contributed by atoms with E-state index in [1.807, 2.05) is 12.1 Å². The summed E-state index contributed by atoms with van der Waals surface area (Å²) in [7, 11) is 0. The molecule has 110 valence electrons. The van der Waals surface area contributed by atoms with Crippen molar-refractivity contribution in [3.05, 3.63) is 27.0 Å². The first kappa shape index (κ1) is 14.7. The highest BCUT2D eigenvalue weighted by Crippen LogP contribution is 2.33. The minimum absolute atomic E-state index is 0.293. The fourth-order valence-corrected chi connectivity index (χ4v) is 4.58. The van der Waals surface area contributed by atoms with Gasteiger partial charge in [0.2, 0.25) is 0 Å². The number of carbonyl (C=O) groups is 2. The molecule has 0 aliphatic carbocycles. The molecule has 1 N–H and O–H groups in total. The molecule has 1 atom stereocenters. The third-order valence-electron chi connectivity index (χ3n) is 3.31. The Morgan fingerprint density at radius 1 is 1.43 bits per heavy atom. The van der Waals surface area contributed by atoms with Gasteiger partial charge in [-0.05, 0) is 40.9 Å². The number of thiazole rings is 1. The van der Waals surface area contributed by atoms with Gasteiger partial charge < -0.3 is 10.0 Å². The minimum Gasteiger partial charge on any atom is -0.480 e. The molecule has 1 amide bonds. The number of likely N-dealkylation sites (tertiary alicyclic amines) is 1. The number of rotatable bonds is 3. The van der Waals surface area contributed by atoms with E-state index >= 15 is 0 Å². The molecule has 8 heteroatoms. The van der Waals surface area contributed by atoms with E-state index in [9.17, 15) is 9.59 Å². The van der Waals surface area contributed by atoms with Crippen LogP contribution in [-0.2, 0) is 4.79 Å². The van der Waals surface area contributed by atoms with Crippen LogP contribution in [0.5, 0.6) is 0 Å². The SMILES string of the molecule is O=C(O)[C@H]1CCCN1C(=O)c1csc(-c2ccc(Br)s2)n1. The largest absolute Gasteiger partial charge is 0.480 e. The summed E-state index contributed by atoms with van der Waals surface area (Å²) < 4.78 is 1.01. The van der Waals surface area contributed by atoms with Crippen LogP contribution in [0.3, 0.4) is 0 Å². The van der Waals surface area contributed by atoms with Crippen molar-refractivity contribution in [3.63, 3.8) is 0 Å². The molecule has 3 heterocycles. The van der Waals surface area contributed by atoms with Gasteiger partial charge in [0.1, 0.15) is 16.7 Å². The Balaban J connectivity index is 1.83. The van der Waals surface area contributed by atoms with Gasteiger partial charge in [0, 0.05) is 11.9 Å². The molecular formula is C13H11BrN2O3S2. The monoisotopic (exact) mass is 386 g/mol. The van der Waals surface area contributed by atoms with Crippen molar-refractivity contribution in [2.24, 2.45) is 0 Å². The molecule has 21 heavy (non-hydrogen) atoms. The number of carboxylic acids is 1. The van der Waals surface area contributed by atoms with E-state index in [0.29, 0.717) is 18.7 Å². The van der Waals surface area contributed by atoms with Crippen LogP contribution in [0.25, 0.3) is 9.88 Å². The van der Waals surface area contributed by atoms with Crippen molar-refractivity contribution in [1.82, 2.24) is 9.88 Å². The average molecular weight is 387 g/mol. The van der Waals surface area contributed by atoms with Gasteiger partial charge in [-0.2, -0.15) is 0 Å². The van der Waals surface area contributed by atoms with Crippen LogP contribution in [0, 0.1) is 0 Å². The molecule has 1 saturated heterocycles. The average Bonchev–Trinajstić information content (AvgIpc) is 3.17. The maximum Gasteiger partial charge on any atom is 0.326 e. The standard InChI is InChI=1S/C13H11BrN2O3S2/c14-10-4-3-9(21-10)11-15-7(6-20-11)12(17)16-5-1-2-8(16)13(18)19/h3-4,6,8H,1-2,5H2,(H,18,19)/t8-/m1/s1. The first-order valence-electron chi connectivity index (χ1n) is 6.31. The predicted octanol–water partition coefficient (Wildman–Crippen LogP) is 3.32. The molecule has 0 unspecified atom stereocenters. The van der Waals surface area contributed by atoms with E-state index in [4.69, 9.17) is 5.11 Å². The summed E-state index contributed by atoms with van der Waals surface area (Å²) in [6, 6.07) is 3.15. The fraction of sp³-hybridized carbons (Fsp3) is 0.308. The minimum atomic E-state index is -0.946. The van der Waals surface area contributed by atoms with Crippen molar-refractivity contribution in [2.45, 2.75) is 18.9 Å². The molecule has 1 aliphatic rings. The number of carbonyl (C=O) groups excluding carboxylic acids is 1. The smallest absolute Gasteiger partial charge is 0.326 e. The van der Waals surface area contributed by atoms with E-state index < -0.39 is 12.0 Å². The summed E-state index contributed by atoms with van der Waals surface area (Å²) in [6.45, 7) is 0.479. The highest BCUT2D eigenvalue weighted by molar-refractivity contribution is 9.11. The molecule has 0 bridgehead atoms. The Hall–Kier alpha value is -1.25. The summed E-state index contributed by atoms with van der Waals surface area (Å²) in [6.07, 6.45) is 1.23. The van der Waals surface area contributed by atoms with Gasteiger partial charge in [-0.15, -0.1) is 22.7 Å². The van der Waals surface area contributed by atoms with Gasteiger partial charge in [-0.25, -0.2) is 9.78 Å². The van der Waals surface area contributed by atoms with Crippen LogP contribution in [-0.4, -0.2) is 39.5 Å². The lowest BCUT2D eigenvalue weighted by atomic mass is 10.2. The third-order valence-corrected chi connectivity index (χ3v) is 5.94. The topological polar surface area (TPSA) is 70.5 Å². The number of hydrogen-bond donors (Lipinski definition) is 1. The highest BCUT2D eigenvalue weighted by atomic mass is 79.9. The van der Waals surface area contributed by atoms with Crippen LogP contribution in [0.1, 0.15) is 23.3 Å². The highest BCUT2D eigenvalue weighted by Gasteiger charge is 2.35. The lowest BCUT2D eigenvalue weighted by molar-refractivity contribution is -0.141. The first-order chi connectivity index (χ1) is 10.1. The van der Waals surface area contributed by atoms with Crippen molar-refractivity contribution >= 4 is 50.5 Å². The van der Waals surface area contributed by atoms with E-state index in [1.54, 1.807) is 16.7 Å². The summed E-state index contributed by atoms with van der Waals surface area (Å²) in [5.74, 6) is -1.24. The lowest BCUT2D eigenvalue weighted by Gasteiger charge is -2.20. The van der Waals surface area contributed by atoms with Crippen LogP contribution < -0.4 is 0 Å². The van der Waals surface area contributed by atoms with Crippen molar-refractivity contribution < 1.29 is 14.7 Å². The van der Waals surface area contributed by atoms with E-state index in [0.717, 1.165) is 20.1 Å². The summed E-state index contributed by atoms with van der Waals surface area (Å²) in [5, 5.41) is 11.6. The zero-order valence-electron chi connectivity index (χ0n) is 10.8. The van der Waals surface area contributed by atoms with E-state index in [1.165, 1.54) is 16.2 Å². The predicted molar refractivity (Wildman–Crippen MR) is 84.8 cm³/mol. The van der Waals surface area contributed by atoms with Crippen LogP contribution >= 0.6 is 38.6 Å². The van der Waals surface area contributed by atoms with Crippen molar-refractivity contribution in [3.8, 4) is 9.88 Å². The number of amides is 1. The Morgan fingerprint density at radius 3 is 2.90 bits per heavy atom. The quantitative estimate of drug-likeness (QED) is 0.877. The molecule has 0 spiro atoms. The fourth-order valence-electron chi connectivity index (χ4n) is 2.33. The molecule has 0 aromatic carbocycles. The van der Waals surface area contributed by atoms with Crippen LogP contribution in [0.15, 0.2) is 21.3 Å². The zero-order valence-corrected chi connectivity index (χ0v) is 14.0. The Labute approximate surface area is 137 Å². The van der Waals surface area contributed by atoms with Crippen molar-refractivity contribution in [1.29, 1.82) is 0 Å². The van der Waals surface area contributed by atoms with Crippen LogP contribution in [0.4, 0.5) is 0 Å². The van der Waals surface area contributed by atoms with Gasteiger partial charge in [0.05, 0.1) is 8.66 Å². The normalized spacial score (nSPS) is 18.1. The first-order valence-corrected chi connectivity index (χ1v) is 8.80. The number of thiophene rings is 1. The second-order valence-corrected chi connectivity index (χ2v) is 7.96. The van der Waals surface area contributed by atoms with Gasteiger partial charge in [-0.3, -0.25) is 4.79 Å². The van der Waals surface area contributed by atoms with Gasteiger partial charge in [0.15, 0.2) is 0 Å². The molecular weight excluding hydrogens is 376 g/mol. The van der Waals surface area contributed by atoms with E-state index in [2.05, 4.69) is 20.9 Å².